The summed E-state index contributed by atoms with van der Waals surface area (Å²) in [5, 5.41) is 2.99. The molecule has 6 heteroatoms. The van der Waals surface area contributed by atoms with Gasteiger partial charge >= 0.3 is 0 Å². The summed E-state index contributed by atoms with van der Waals surface area (Å²) >= 11 is 0. The molecule has 3 N–H and O–H groups in total. The van der Waals surface area contributed by atoms with Crippen molar-refractivity contribution >= 4 is 24.2 Å². The summed E-state index contributed by atoms with van der Waals surface area (Å²) in [5.41, 5.74) is 6.22. The molecule has 1 rings (SSSR count). The van der Waals surface area contributed by atoms with Crippen LogP contribution in [0.3, 0.4) is 0 Å². The van der Waals surface area contributed by atoms with Crippen molar-refractivity contribution < 1.29 is 9.59 Å². The Balaban J connectivity index is 0.00000400. The van der Waals surface area contributed by atoms with Crippen LogP contribution in [-0.4, -0.2) is 36.9 Å². The van der Waals surface area contributed by atoms with E-state index >= 15 is 0 Å². The molecule has 0 saturated carbocycles. The second-order valence-corrected chi connectivity index (χ2v) is 4.92. The fourth-order valence-corrected chi connectivity index (χ4v) is 2.02. The monoisotopic (exact) mass is 313 g/mol. The normalized spacial score (nSPS) is 11.3. The van der Waals surface area contributed by atoms with E-state index in [4.69, 9.17) is 5.73 Å². The maximum absolute atomic E-state index is 12.4. The lowest BCUT2D eigenvalue weighted by Crippen LogP contribution is -2.39. The Labute approximate surface area is 132 Å². The van der Waals surface area contributed by atoms with Crippen LogP contribution in [-0.2, 0) is 16.1 Å². The third-order valence-electron chi connectivity index (χ3n) is 3.09. The van der Waals surface area contributed by atoms with Crippen LogP contribution in [0.5, 0.6) is 0 Å². The third-order valence-corrected chi connectivity index (χ3v) is 3.09. The molecular weight excluding hydrogens is 290 g/mol. The molecule has 1 unspecified atom stereocenters. The van der Waals surface area contributed by atoms with Gasteiger partial charge in [-0.05, 0) is 12.6 Å². The van der Waals surface area contributed by atoms with Crippen LogP contribution in [0, 0.1) is 5.92 Å². The summed E-state index contributed by atoms with van der Waals surface area (Å²) in [7, 11) is 1.81. The maximum Gasteiger partial charge on any atom is 0.226 e. The molecule has 21 heavy (non-hydrogen) atoms. The Kier molecular flexibility index (Phi) is 9.41. The predicted octanol–water partition coefficient (Wildman–Crippen LogP) is 1.17. The number of amides is 2. The number of hydrogen-bond donors (Lipinski definition) is 2. The van der Waals surface area contributed by atoms with E-state index < -0.39 is 5.91 Å². The first-order chi connectivity index (χ1) is 9.54. The zero-order valence-electron chi connectivity index (χ0n) is 12.5. The summed E-state index contributed by atoms with van der Waals surface area (Å²) in [5.74, 6) is -0.488. The molecule has 0 aliphatic rings. The average Bonchev–Trinajstić information content (AvgIpc) is 2.44. The highest BCUT2D eigenvalue weighted by molar-refractivity contribution is 5.85. The number of nitrogens with one attached hydrogen (secondary N) is 1. The van der Waals surface area contributed by atoms with E-state index in [0.29, 0.717) is 19.6 Å². The quantitative estimate of drug-likeness (QED) is 0.756. The molecule has 0 aliphatic heterocycles. The first-order valence-electron chi connectivity index (χ1n) is 6.80. The molecule has 5 nitrogen and oxygen atoms in total. The molecule has 0 fully saturated rings. The van der Waals surface area contributed by atoms with Gasteiger partial charge in [0.1, 0.15) is 0 Å². The van der Waals surface area contributed by atoms with Crippen LogP contribution >= 0.6 is 12.4 Å². The third kappa shape index (κ3) is 7.11. The topological polar surface area (TPSA) is 75.4 Å². The number of carbonyl (C=O) groups is 2. The van der Waals surface area contributed by atoms with Crippen LogP contribution in [0.25, 0.3) is 0 Å². The van der Waals surface area contributed by atoms with Gasteiger partial charge in [-0.1, -0.05) is 37.3 Å². The Morgan fingerprint density at radius 1 is 1.29 bits per heavy atom. The maximum atomic E-state index is 12.4. The lowest BCUT2D eigenvalue weighted by atomic mass is 10.1. The summed E-state index contributed by atoms with van der Waals surface area (Å²) in [6.45, 7) is 3.35. The van der Waals surface area contributed by atoms with Gasteiger partial charge in [-0.3, -0.25) is 9.59 Å². The second kappa shape index (κ2) is 10.2. The highest BCUT2D eigenvalue weighted by atomic mass is 35.5. The molecule has 2 amide bonds. The average molecular weight is 314 g/mol. The van der Waals surface area contributed by atoms with Gasteiger partial charge in [-0.25, -0.2) is 0 Å². The molecular formula is C15H24ClN3O2. The first kappa shape index (κ1) is 19.4. The van der Waals surface area contributed by atoms with Gasteiger partial charge in [-0.15, -0.1) is 12.4 Å². The molecule has 0 aromatic heterocycles. The second-order valence-electron chi connectivity index (χ2n) is 4.92. The minimum absolute atomic E-state index is 0. The number of benzene rings is 1. The van der Waals surface area contributed by atoms with E-state index in [-0.39, 0.29) is 30.7 Å². The Hall–Kier alpha value is -1.59. The smallest absolute Gasteiger partial charge is 0.226 e. The van der Waals surface area contributed by atoms with Gasteiger partial charge in [0.25, 0.3) is 0 Å². The molecule has 0 aliphatic carbocycles. The molecule has 0 radical (unpaired) electrons. The number of carbonyl (C=O) groups excluding carboxylic acids is 2. The van der Waals surface area contributed by atoms with Crippen molar-refractivity contribution in [3.63, 3.8) is 0 Å². The number of nitrogens with two attached hydrogens (primary N) is 1. The summed E-state index contributed by atoms with van der Waals surface area (Å²) in [4.78, 5) is 25.0. The molecule has 1 aromatic carbocycles. The van der Waals surface area contributed by atoms with Crippen molar-refractivity contribution in [3.8, 4) is 0 Å². The highest BCUT2D eigenvalue weighted by Gasteiger charge is 2.20. The molecule has 1 atom stereocenters. The van der Waals surface area contributed by atoms with Crippen molar-refractivity contribution in [2.45, 2.75) is 19.9 Å². The van der Waals surface area contributed by atoms with Crippen LogP contribution in [0.2, 0.25) is 0 Å². The molecule has 1 aromatic rings. The molecule has 0 spiro atoms. The van der Waals surface area contributed by atoms with Crippen molar-refractivity contribution in [2.75, 3.05) is 20.1 Å². The van der Waals surface area contributed by atoms with Crippen molar-refractivity contribution in [3.05, 3.63) is 35.9 Å². The van der Waals surface area contributed by atoms with Crippen molar-refractivity contribution in [1.82, 2.24) is 10.2 Å². The van der Waals surface area contributed by atoms with Gasteiger partial charge in [0.15, 0.2) is 0 Å². The van der Waals surface area contributed by atoms with Crippen molar-refractivity contribution in [2.24, 2.45) is 11.7 Å². The van der Waals surface area contributed by atoms with E-state index in [9.17, 15) is 9.59 Å². The minimum atomic E-state index is -0.392. The van der Waals surface area contributed by atoms with E-state index in [0.717, 1.165) is 5.56 Å². The minimum Gasteiger partial charge on any atom is -0.370 e. The van der Waals surface area contributed by atoms with Gasteiger partial charge < -0.3 is 16.0 Å². The molecule has 118 valence electrons. The SMILES string of the molecule is CNCC(C)C(=O)N(CCC(N)=O)Cc1ccccc1.Cl. The largest absolute Gasteiger partial charge is 0.370 e. The summed E-state index contributed by atoms with van der Waals surface area (Å²) < 4.78 is 0. The first-order valence-corrected chi connectivity index (χ1v) is 6.80. The summed E-state index contributed by atoms with van der Waals surface area (Å²) in [6, 6.07) is 9.73. The zero-order chi connectivity index (χ0) is 15.0. The van der Waals surface area contributed by atoms with Gasteiger partial charge in [0, 0.05) is 32.0 Å². The zero-order valence-corrected chi connectivity index (χ0v) is 13.4. The number of halogens is 1. The Morgan fingerprint density at radius 2 is 1.90 bits per heavy atom. The number of nitrogens with zero attached hydrogens (tertiary/aromatic N) is 1. The Morgan fingerprint density at radius 3 is 2.43 bits per heavy atom. The van der Waals surface area contributed by atoms with Gasteiger partial charge in [0.2, 0.25) is 11.8 Å². The lowest BCUT2D eigenvalue weighted by molar-refractivity contribution is -0.135. The van der Waals surface area contributed by atoms with Crippen molar-refractivity contribution in [1.29, 1.82) is 0 Å². The fraction of sp³-hybridized carbons (Fsp3) is 0.467. The number of hydrogen-bond acceptors (Lipinski definition) is 3. The standard InChI is InChI=1S/C15H23N3O2.ClH/c1-12(10-17-2)15(20)18(9-8-14(16)19)11-13-6-4-3-5-7-13;/h3-7,12,17H,8-11H2,1-2H3,(H2,16,19);1H. The summed E-state index contributed by atoms with van der Waals surface area (Å²) in [6.07, 6.45) is 0.185. The van der Waals surface area contributed by atoms with E-state index in [2.05, 4.69) is 5.32 Å². The molecule has 0 heterocycles. The molecule has 0 bridgehead atoms. The highest BCUT2D eigenvalue weighted by Crippen LogP contribution is 2.09. The number of primary amides is 1. The molecule has 0 saturated heterocycles. The predicted molar refractivity (Wildman–Crippen MR) is 86.0 cm³/mol. The van der Waals surface area contributed by atoms with Gasteiger partial charge in [0.05, 0.1) is 0 Å². The van der Waals surface area contributed by atoms with Crippen LogP contribution in [0.4, 0.5) is 0 Å². The van der Waals surface area contributed by atoms with Crippen LogP contribution < -0.4 is 11.1 Å². The van der Waals surface area contributed by atoms with E-state index in [1.54, 1.807) is 4.90 Å². The Bertz CT molecular complexity index is 440. The van der Waals surface area contributed by atoms with E-state index in [1.165, 1.54) is 0 Å². The fourth-order valence-electron chi connectivity index (χ4n) is 2.02. The van der Waals surface area contributed by atoms with Crippen LogP contribution in [0.15, 0.2) is 30.3 Å². The number of rotatable bonds is 8. The van der Waals surface area contributed by atoms with Crippen LogP contribution in [0.1, 0.15) is 18.9 Å². The van der Waals surface area contributed by atoms with Gasteiger partial charge in [-0.2, -0.15) is 0 Å². The van der Waals surface area contributed by atoms with E-state index in [1.807, 2.05) is 44.3 Å². The lowest BCUT2D eigenvalue weighted by Gasteiger charge is -2.25.